The molecule has 1 amide bonds. The van der Waals surface area contributed by atoms with Crippen LogP contribution in [0.5, 0.6) is 0 Å². The number of rotatable bonds is 3. The molecule has 0 aromatic heterocycles. The van der Waals surface area contributed by atoms with Crippen LogP contribution in [-0.4, -0.2) is 38.3 Å². The van der Waals surface area contributed by atoms with E-state index in [1.807, 2.05) is 0 Å². The van der Waals surface area contributed by atoms with Crippen LogP contribution in [0.3, 0.4) is 0 Å². The first-order valence-electron chi connectivity index (χ1n) is 7.03. The van der Waals surface area contributed by atoms with Gasteiger partial charge in [0.1, 0.15) is 5.82 Å². The minimum atomic E-state index is -0.318. The summed E-state index contributed by atoms with van der Waals surface area (Å²) >= 11 is 0. The van der Waals surface area contributed by atoms with Crippen molar-refractivity contribution in [2.45, 2.75) is 6.10 Å². The smallest absolute Gasteiger partial charge is 0.252 e. The van der Waals surface area contributed by atoms with E-state index in [0.29, 0.717) is 29.5 Å². The number of morpholine rings is 1. The Kier molecular flexibility index (Phi) is 4.13. The summed E-state index contributed by atoms with van der Waals surface area (Å²) < 4.78 is 19.3. The lowest BCUT2D eigenvalue weighted by atomic mass is 10.0. The first kappa shape index (κ1) is 14.0. The molecule has 1 aliphatic heterocycles. The quantitative estimate of drug-likeness (QED) is 0.904. The SMILES string of the molecule is O=C(NCC1CNCCO1)c1ccc(F)c2ccccc12. The van der Waals surface area contributed by atoms with Crippen LogP contribution in [0.25, 0.3) is 10.8 Å². The van der Waals surface area contributed by atoms with Gasteiger partial charge in [-0.25, -0.2) is 4.39 Å². The van der Waals surface area contributed by atoms with E-state index in [1.54, 1.807) is 24.3 Å². The van der Waals surface area contributed by atoms with Gasteiger partial charge in [0.25, 0.3) is 5.91 Å². The van der Waals surface area contributed by atoms with E-state index in [1.165, 1.54) is 12.1 Å². The highest BCUT2D eigenvalue weighted by Crippen LogP contribution is 2.21. The van der Waals surface area contributed by atoms with Crippen molar-refractivity contribution >= 4 is 16.7 Å². The predicted octanol–water partition coefficient (Wildman–Crippen LogP) is 1.70. The molecule has 5 heteroatoms. The predicted molar refractivity (Wildman–Crippen MR) is 78.8 cm³/mol. The van der Waals surface area contributed by atoms with Gasteiger partial charge in [-0.05, 0) is 17.5 Å². The summed E-state index contributed by atoms with van der Waals surface area (Å²) in [5.74, 6) is -0.526. The maximum Gasteiger partial charge on any atom is 0.252 e. The zero-order valence-electron chi connectivity index (χ0n) is 11.6. The van der Waals surface area contributed by atoms with E-state index in [9.17, 15) is 9.18 Å². The van der Waals surface area contributed by atoms with Crippen molar-refractivity contribution < 1.29 is 13.9 Å². The van der Waals surface area contributed by atoms with E-state index in [4.69, 9.17) is 4.74 Å². The molecule has 0 bridgehead atoms. The first-order chi connectivity index (χ1) is 10.3. The maximum absolute atomic E-state index is 13.7. The normalized spacial score (nSPS) is 18.6. The van der Waals surface area contributed by atoms with E-state index >= 15 is 0 Å². The standard InChI is InChI=1S/C16H17FN2O2/c17-15-6-5-14(12-3-1-2-4-13(12)15)16(20)19-10-11-9-18-7-8-21-11/h1-6,11,18H,7-10H2,(H,19,20). The molecule has 1 atom stereocenters. The summed E-state index contributed by atoms with van der Waals surface area (Å²) in [6.07, 6.45) is -0.0191. The number of nitrogens with one attached hydrogen (secondary N) is 2. The van der Waals surface area contributed by atoms with Crippen LogP contribution in [-0.2, 0) is 4.74 Å². The minimum absolute atomic E-state index is 0.0191. The first-order valence-corrected chi connectivity index (χ1v) is 7.03. The van der Waals surface area contributed by atoms with Crippen molar-refractivity contribution in [3.05, 3.63) is 47.8 Å². The lowest BCUT2D eigenvalue weighted by Gasteiger charge is -2.23. The van der Waals surface area contributed by atoms with Crippen LogP contribution in [0.15, 0.2) is 36.4 Å². The molecule has 3 rings (SSSR count). The van der Waals surface area contributed by atoms with Crippen LogP contribution in [0.4, 0.5) is 4.39 Å². The van der Waals surface area contributed by atoms with Gasteiger partial charge in [-0.1, -0.05) is 24.3 Å². The molecule has 21 heavy (non-hydrogen) atoms. The molecular weight excluding hydrogens is 271 g/mol. The summed E-state index contributed by atoms with van der Waals surface area (Å²) in [4.78, 5) is 12.3. The number of benzene rings is 2. The van der Waals surface area contributed by atoms with Gasteiger partial charge in [-0.2, -0.15) is 0 Å². The van der Waals surface area contributed by atoms with E-state index in [-0.39, 0.29) is 17.8 Å². The molecule has 2 aromatic rings. The van der Waals surface area contributed by atoms with Crippen molar-refractivity contribution in [1.29, 1.82) is 0 Å². The number of halogens is 1. The Labute approximate surface area is 122 Å². The Bertz CT molecular complexity index is 654. The molecule has 0 aliphatic carbocycles. The van der Waals surface area contributed by atoms with E-state index in [2.05, 4.69) is 10.6 Å². The van der Waals surface area contributed by atoms with Gasteiger partial charge in [-0.15, -0.1) is 0 Å². The molecule has 2 aromatic carbocycles. The Morgan fingerprint density at radius 1 is 1.29 bits per heavy atom. The fourth-order valence-corrected chi connectivity index (χ4v) is 2.51. The van der Waals surface area contributed by atoms with E-state index < -0.39 is 0 Å². The number of ether oxygens (including phenoxy) is 1. The van der Waals surface area contributed by atoms with Crippen LogP contribution < -0.4 is 10.6 Å². The van der Waals surface area contributed by atoms with Crippen molar-refractivity contribution in [3.8, 4) is 0 Å². The molecule has 1 heterocycles. The summed E-state index contributed by atoms with van der Waals surface area (Å²) in [6, 6.07) is 9.84. The number of carbonyl (C=O) groups is 1. The molecule has 1 aliphatic rings. The molecule has 0 saturated carbocycles. The summed E-state index contributed by atoms with van der Waals surface area (Å²) in [5, 5.41) is 7.15. The highest BCUT2D eigenvalue weighted by atomic mass is 19.1. The van der Waals surface area contributed by atoms with Gasteiger partial charge in [0.15, 0.2) is 0 Å². The van der Waals surface area contributed by atoms with Gasteiger partial charge in [0, 0.05) is 30.6 Å². The van der Waals surface area contributed by atoms with Gasteiger partial charge in [0.2, 0.25) is 0 Å². The fraction of sp³-hybridized carbons (Fsp3) is 0.312. The Morgan fingerprint density at radius 3 is 2.86 bits per heavy atom. The third-order valence-corrected chi connectivity index (χ3v) is 3.61. The van der Waals surface area contributed by atoms with Crippen molar-refractivity contribution in [2.75, 3.05) is 26.2 Å². The molecule has 4 nitrogen and oxygen atoms in total. The van der Waals surface area contributed by atoms with E-state index in [0.717, 1.165) is 13.1 Å². The Hall–Kier alpha value is -1.98. The number of amides is 1. The van der Waals surface area contributed by atoms with Crippen molar-refractivity contribution in [1.82, 2.24) is 10.6 Å². The second-order valence-electron chi connectivity index (χ2n) is 5.05. The molecule has 1 unspecified atom stereocenters. The third kappa shape index (κ3) is 3.04. The van der Waals surface area contributed by atoms with Gasteiger partial charge >= 0.3 is 0 Å². The molecule has 0 spiro atoms. The highest BCUT2D eigenvalue weighted by Gasteiger charge is 2.16. The molecular formula is C16H17FN2O2. The van der Waals surface area contributed by atoms with Gasteiger partial charge < -0.3 is 15.4 Å². The van der Waals surface area contributed by atoms with Gasteiger partial charge in [0.05, 0.1) is 12.7 Å². The molecule has 1 saturated heterocycles. The number of hydrogen-bond donors (Lipinski definition) is 2. The Morgan fingerprint density at radius 2 is 2.10 bits per heavy atom. The summed E-state index contributed by atoms with van der Waals surface area (Å²) in [7, 11) is 0. The molecule has 2 N–H and O–H groups in total. The second kappa shape index (κ2) is 6.20. The van der Waals surface area contributed by atoms with Crippen LogP contribution >= 0.6 is 0 Å². The van der Waals surface area contributed by atoms with Crippen molar-refractivity contribution in [2.24, 2.45) is 0 Å². The van der Waals surface area contributed by atoms with Crippen LogP contribution in [0, 0.1) is 5.82 Å². The molecule has 0 radical (unpaired) electrons. The minimum Gasteiger partial charge on any atom is -0.374 e. The fourth-order valence-electron chi connectivity index (χ4n) is 2.51. The monoisotopic (exact) mass is 288 g/mol. The second-order valence-corrected chi connectivity index (χ2v) is 5.05. The average molecular weight is 288 g/mol. The lowest BCUT2D eigenvalue weighted by molar-refractivity contribution is 0.0287. The maximum atomic E-state index is 13.7. The number of carbonyl (C=O) groups excluding carboxylic acids is 1. The molecule has 1 fully saturated rings. The third-order valence-electron chi connectivity index (χ3n) is 3.61. The number of hydrogen-bond acceptors (Lipinski definition) is 3. The lowest BCUT2D eigenvalue weighted by Crippen LogP contribution is -2.45. The average Bonchev–Trinajstić information content (AvgIpc) is 2.54. The van der Waals surface area contributed by atoms with Crippen molar-refractivity contribution in [3.63, 3.8) is 0 Å². The zero-order valence-corrected chi connectivity index (χ0v) is 11.6. The van der Waals surface area contributed by atoms with Crippen LogP contribution in [0.1, 0.15) is 10.4 Å². The number of fused-ring (bicyclic) bond motifs is 1. The topological polar surface area (TPSA) is 50.4 Å². The molecule has 110 valence electrons. The Balaban J connectivity index is 1.77. The van der Waals surface area contributed by atoms with Gasteiger partial charge in [-0.3, -0.25) is 4.79 Å². The summed E-state index contributed by atoms with van der Waals surface area (Å²) in [5.41, 5.74) is 0.482. The van der Waals surface area contributed by atoms with Crippen LogP contribution in [0.2, 0.25) is 0 Å². The largest absolute Gasteiger partial charge is 0.374 e. The summed E-state index contributed by atoms with van der Waals surface area (Å²) in [6.45, 7) is 2.66. The highest BCUT2D eigenvalue weighted by molar-refractivity contribution is 6.07. The zero-order chi connectivity index (χ0) is 14.7.